The van der Waals surface area contributed by atoms with E-state index in [0.717, 1.165) is 18.2 Å². The normalized spacial score (nSPS) is 11.4. The van der Waals surface area contributed by atoms with Crippen LogP contribution >= 0.6 is 0 Å². The Morgan fingerprint density at radius 2 is 1.90 bits per heavy atom. The Morgan fingerprint density at radius 1 is 1.15 bits per heavy atom. The molecule has 7 heteroatoms. The van der Waals surface area contributed by atoms with Gasteiger partial charge in [0.15, 0.2) is 0 Å². The van der Waals surface area contributed by atoms with Gasteiger partial charge in [-0.1, -0.05) is 12.1 Å². The molecule has 0 aliphatic heterocycles. The van der Waals surface area contributed by atoms with Crippen molar-refractivity contribution >= 4 is 0 Å². The molecule has 1 N–H and O–H groups in total. The molecule has 0 unspecified atom stereocenters. The predicted molar refractivity (Wildman–Crippen MR) is 62.2 cm³/mol. The van der Waals surface area contributed by atoms with Crippen molar-refractivity contribution < 1.29 is 27.4 Å². The number of aliphatic hydroxyl groups excluding tert-OH is 1. The number of hydrogen-bond acceptors (Lipinski definition) is 3. The summed E-state index contributed by atoms with van der Waals surface area (Å²) in [4.78, 5) is 3.69. The number of benzene rings is 1. The van der Waals surface area contributed by atoms with Gasteiger partial charge in [-0.25, -0.2) is 4.39 Å². The standard InChI is InChI=1S/C13H9F4NO2/c14-11-5-9(6-18-12(11)7-19)8-2-1-3-10(4-8)20-13(15,16)17/h1-6,19H,7H2. The van der Waals surface area contributed by atoms with Crippen molar-refractivity contribution in [3.05, 3.63) is 48.0 Å². The highest BCUT2D eigenvalue weighted by Crippen LogP contribution is 2.28. The number of halogens is 4. The van der Waals surface area contributed by atoms with Crippen LogP contribution in [0.5, 0.6) is 5.75 Å². The number of hydrogen-bond donors (Lipinski definition) is 1. The number of nitrogens with zero attached hydrogens (tertiary/aromatic N) is 1. The largest absolute Gasteiger partial charge is 0.573 e. The summed E-state index contributed by atoms with van der Waals surface area (Å²) in [7, 11) is 0. The topological polar surface area (TPSA) is 42.4 Å². The van der Waals surface area contributed by atoms with Crippen LogP contribution in [0.2, 0.25) is 0 Å². The maximum absolute atomic E-state index is 13.5. The van der Waals surface area contributed by atoms with Crippen LogP contribution in [0, 0.1) is 5.82 Å². The minimum atomic E-state index is -4.79. The summed E-state index contributed by atoms with van der Waals surface area (Å²) in [5, 5.41) is 8.80. The number of ether oxygens (including phenoxy) is 1. The maximum atomic E-state index is 13.5. The third kappa shape index (κ3) is 3.45. The van der Waals surface area contributed by atoms with Gasteiger partial charge < -0.3 is 9.84 Å². The van der Waals surface area contributed by atoms with Crippen LogP contribution in [0.1, 0.15) is 5.69 Å². The fourth-order valence-corrected chi connectivity index (χ4v) is 1.61. The Bertz CT molecular complexity index is 614. The summed E-state index contributed by atoms with van der Waals surface area (Å²) >= 11 is 0. The minimum absolute atomic E-state index is 0.128. The van der Waals surface area contributed by atoms with Crippen molar-refractivity contribution in [2.24, 2.45) is 0 Å². The lowest BCUT2D eigenvalue weighted by Gasteiger charge is -2.10. The fraction of sp³-hybridized carbons (Fsp3) is 0.154. The Morgan fingerprint density at radius 3 is 2.50 bits per heavy atom. The zero-order chi connectivity index (χ0) is 14.8. The van der Waals surface area contributed by atoms with E-state index in [1.165, 1.54) is 18.3 Å². The molecule has 0 atom stereocenters. The zero-order valence-corrected chi connectivity index (χ0v) is 9.99. The van der Waals surface area contributed by atoms with Crippen LogP contribution in [-0.4, -0.2) is 16.5 Å². The predicted octanol–water partition coefficient (Wildman–Crippen LogP) is 3.28. The highest BCUT2D eigenvalue weighted by molar-refractivity contribution is 5.64. The highest BCUT2D eigenvalue weighted by Gasteiger charge is 2.31. The van der Waals surface area contributed by atoms with Crippen LogP contribution in [0.4, 0.5) is 17.6 Å². The quantitative estimate of drug-likeness (QED) is 0.881. The zero-order valence-electron chi connectivity index (χ0n) is 9.99. The van der Waals surface area contributed by atoms with Crippen LogP contribution in [0.15, 0.2) is 36.5 Å². The maximum Gasteiger partial charge on any atom is 0.573 e. The van der Waals surface area contributed by atoms with Crippen molar-refractivity contribution in [3.8, 4) is 16.9 Å². The van der Waals surface area contributed by atoms with Crippen molar-refractivity contribution in [1.29, 1.82) is 0 Å². The molecule has 3 nitrogen and oxygen atoms in total. The van der Waals surface area contributed by atoms with E-state index in [1.807, 2.05) is 0 Å². The second kappa shape index (κ2) is 5.46. The number of aromatic nitrogens is 1. The molecule has 0 spiro atoms. The SMILES string of the molecule is OCc1ncc(-c2cccc(OC(F)(F)F)c2)cc1F. The first-order valence-electron chi connectivity index (χ1n) is 5.50. The first-order valence-corrected chi connectivity index (χ1v) is 5.50. The molecule has 0 aliphatic rings. The van der Waals surface area contributed by atoms with Gasteiger partial charge >= 0.3 is 6.36 Å². The second-order valence-corrected chi connectivity index (χ2v) is 3.89. The number of aliphatic hydroxyl groups is 1. The van der Waals surface area contributed by atoms with Crippen molar-refractivity contribution in [3.63, 3.8) is 0 Å². The van der Waals surface area contributed by atoms with E-state index >= 15 is 0 Å². The van der Waals surface area contributed by atoms with Crippen molar-refractivity contribution in [2.75, 3.05) is 0 Å². The number of rotatable bonds is 3. The van der Waals surface area contributed by atoms with Gasteiger partial charge in [0.25, 0.3) is 0 Å². The molecule has 0 saturated heterocycles. The van der Waals surface area contributed by atoms with Crippen molar-refractivity contribution in [1.82, 2.24) is 4.98 Å². The van der Waals surface area contributed by atoms with Gasteiger partial charge in [0.1, 0.15) is 17.3 Å². The Balaban J connectivity index is 2.33. The molecule has 0 bridgehead atoms. The fourth-order valence-electron chi connectivity index (χ4n) is 1.61. The van der Waals surface area contributed by atoms with Gasteiger partial charge in [0.2, 0.25) is 0 Å². The molecule has 1 aromatic heterocycles. The summed E-state index contributed by atoms with van der Waals surface area (Å²) in [5.41, 5.74) is 0.478. The molecule has 2 aromatic rings. The average Bonchev–Trinajstić information content (AvgIpc) is 2.37. The molecule has 0 aliphatic carbocycles. The van der Waals surface area contributed by atoms with E-state index in [2.05, 4.69) is 9.72 Å². The van der Waals surface area contributed by atoms with Gasteiger partial charge in [-0.3, -0.25) is 4.98 Å². The Labute approximate surface area is 111 Å². The van der Waals surface area contributed by atoms with Crippen LogP contribution in [0.25, 0.3) is 11.1 Å². The Kier molecular flexibility index (Phi) is 3.89. The molecule has 20 heavy (non-hydrogen) atoms. The van der Waals surface area contributed by atoms with E-state index < -0.39 is 24.5 Å². The van der Waals surface area contributed by atoms with Crippen molar-refractivity contribution in [2.45, 2.75) is 13.0 Å². The summed E-state index contributed by atoms with van der Waals surface area (Å²) in [6.07, 6.45) is -3.52. The van der Waals surface area contributed by atoms with Gasteiger partial charge in [-0.15, -0.1) is 13.2 Å². The smallest absolute Gasteiger partial charge is 0.406 e. The van der Waals surface area contributed by atoms with E-state index in [-0.39, 0.29) is 11.3 Å². The summed E-state index contributed by atoms with van der Waals surface area (Å²) in [6.45, 7) is -0.552. The highest BCUT2D eigenvalue weighted by atomic mass is 19.4. The van der Waals surface area contributed by atoms with Crippen LogP contribution in [-0.2, 0) is 6.61 Å². The molecule has 1 aromatic carbocycles. The molecular weight excluding hydrogens is 278 g/mol. The lowest BCUT2D eigenvalue weighted by atomic mass is 10.1. The summed E-state index contributed by atoms with van der Waals surface area (Å²) < 4.78 is 53.6. The lowest BCUT2D eigenvalue weighted by molar-refractivity contribution is -0.274. The third-order valence-electron chi connectivity index (χ3n) is 2.47. The molecule has 106 valence electrons. The van der Waals surface area contributed by atoms with E-state index in [4.69, 9.17) is 5.11 Å². The first kappa shape index (κ1) is 14.3. The second-order valence-electron chi connectivity index (χ2n) is 3.89. The van der Waals surface area contributed by atoms with Gasteiger partial charge in [0.05, 0.1) is 6.61 Å². The van der Waals surface area contributed by atoms with Crippen LogP contribution in [0.3, 0.4) is 0 Å². The molecule has 0 radical (unpaired) electrons. The molecule has 0 saturated carbocycles. The Hall–Kier alpha value is -2.15. The number of pyridine rings is 1. The van der Waals surface area contributed by atoms with Gasteiger partial charge in [-0.05, 0) is 23.8 Å². The lowest BCUT2D eigenvalue weighted by Crippen LogP contribution is -2.17. The molecule has 0 fully saturated rings. The van der Waals surface area contributed by atoms with Gasteiger partial charge in [-0.2, -0.15) is 0 Å². The van der Waals surface area contributed by atoms with E-state index in [9.17, 15) is 17.6 Å². The molecular formula is C13H9F4NO2. The monoisotopic (exact) mass is 287 g/mol. The molecule has 1 heterocycles. The third-order valence-corrected chi connectivity index (χ3v) is 2.47. The molecule has 0 amide bonds. The average molecular weight is 287 g/mol. The summed E-state index contributed by atoms with van der Waals surface area (Å²) in [5.74, 6) is -1.13. The molecule has 2 rings (SSSR count). The van der Waals surface area contributed by atoms with E-state index in [0.29, 0.717) is 5.56 Å². The number of alkyl halides is 3. The summed E-state index contributed by atoms with van der Waals surface area (Å²) in [6, 6.07) is 6.21. The van der Waals surface area contributed by atoms with Crippen LogP contribution < -0.4 is 4.74 Å². The van der Waals surface area contributed by atoms with E-state index in [1.54, 1.807) is 0 Å². The van der Waals surface area contributed by atoms with Gasteiger partial charge in [0, 0.05) is 11.8 Å². The first-order chi connectivity index (χ1) is 9.39. The minimum Gasteiger partial charge on any atom is -0.406 e.